The Morgan fingerprint density at radius 2 is 2.20 bits per heavy atom. The topological polar surface area (TPSA) is 38.1 Å². The van der Waals surface area contributed by atoms with Gasteiger partial charge in [-0.25, -0.2) is 4.98 Å². The second-order valence-electron chi connectivity index (χ2n) is 5.69. The maximum Gasteiger partial charge on any atom is 0.198 e. The summed E-state index contributed by atoms with van der Waals surface area (Å²) < 4.78 is 5.75. The number of oxazole rings is 1. The Labute approximate surface area is 127 Å². The van der Waals surface area contributed by atoms with E-state index < -0.39 is 0 Å². The molecule has 1 aromatic carbocycles. The van der Waals surface area contributed by atoms with Crippen LogP contribution in [-0.4, -0.2) is 18.1 Å². The lowest BCUT2D eigenvalue weighted by Gasteiger charge is -2.15. The van der Waals surface area contributed by atoms with Gasteiger partial charge in [0.15, 0.2) is 5.89 Å². The van der Waals surface area contributed by atoms with Crippen molar-refractivity contribution >= 4 is 23.2 Å². The highest BCUT2D eigenvalue weighted by atomic mass is 35.5. The minimum Gasteiger partial charge on any atom is -0.446 e. The largest absolute Gasteiger partial charge is 0.446 e. The molecule has 20 heavy (non-hydrogen) atoms. The molecule has 1 aromatic heterocycles. The number of rotatable bonds is 2. The fourth-order valence-electron chi connectivity index (χ4n) is 3.68. The molecule has 1 saturated carbocycles. The molecule has 0 radical (unpaired) electrons. The third kappa shape index (κ3) is 1.60. The molecule has 3 atom stereocenters. The van der Waals surface area contributed by atoms with E-state index in [1.807, 2.05) is 19.1 Å². The third-order valence-corrected chi connectivity index (χ3v) is 5.39. The van der Waals surface area contributed by atoms with Crippen molar-refractivity contribution in [2.24, 2.45) is 5.92 Å². The number of halogens is 2. The van der Waals surface area contributed by atoms with Crippen LogP contribution in [0.3, 0.4) is 0 Å². The molecule has 1 aliphatic heterocycles. The first-order chi connectivity index (χ1) is 9.63. The maximum absolute atomic E-state index is 6.18. The van der Waals surface area contributed by atoms with Crippen LogP contribution < -0.4 is 5.32 Å². The second kappa shape index (κ2) is 4.23. The quantitative estimate of drug-likeness (QED) is 0.922. The fraction of sp³-hybridized carbons (Fsp3) is 0.400. The first kappa shape index (κ1) is 12.7. The van der Waals surface area contributed by atoms with Crippen LogP contribution in [-0.2, 0) is 5.41 Å². The lowest BCUT2D eigenvalue weighted by Crippen LogP contribution is -2.22. The van der Waals surface area contributed by atoms with E-state index in [-0.39, 0.29) is 5.41 Å². The highest BCUT2D eigenvalue weighted by Crippen LogP contribution is 2.67. The first-order valence-electron chi connectivity index (χ1n) is 6.71. The molecule has 0 spiro atoms. The predicted molar refractivity (Wildman–Crippen MR) is 78.5 cm³/mol. The molecule has 3 nitrogen and oxygen atoms in total. The van der Waals surface area contributed by atoms with Gasteiger partial charge in [-0.2, -0.15) is 0 Å². The SMILES string of the molecule is Cc1cnc([C@H]2[C@@H]3CNC[C@@]32c2ccc(Cl)c(Cl)c2)o1. The van der Waals surface area contributed by atoms with Gasteiger partial charge in [-0.05, 0) is 37.1 Å². The number of hydrogen-bond acceptors (Lipinski definition) is 3. The zero-order chi connectivity index (χ0) is 13.9. The fourth-order valence-corrected chi connectivity index (χ4v) is 3.98. The van der Waals surface area contributed by atoms with Gasteiger partial charge in [-0.15, -0.1) is 0 Å². The molecule has 0 unspecified atom stereocenters. The molecule has 1 saturated heterocycles. The van der Waals surface area contributed by atoms with Gasteiger partial charge in [-0.3, -0.25) is 0 Å². The monoisotopic (exact) mass is 308 g/mol. The van der Waals surface area contributed by atoms with Crippen molar-refractivity contribution in [1.29, 1.82) is 0 Å². The standard InChI is InChI=1S/C15H14Cl2N2O/c1-8-5-19-14(20-8)13-10-6-18-7-15(10,13)9-2-3-11(16)12(17)4-9/h2-5,10,13,18H,6-7H2,1H3/t10-,13+,15+/m0/s1. The zero-order valence-electron chi connectivity index (χ0n) is 11.0. The summed E-state index contributed by atoms with van der Waals surface area (Å²) >= 11 is 12.2. The highest BCUT2D eigenvalue weighted by molar-refractivity contribution is 6.42. The van der Waals surface area contributed by atoms with Crippen molar-refractivity contribution < 1.29 is 4.42 Å². The molecule has 5 heteroatoms. The Balaban J connectivity index is 1.76. The van der Waals surface area contributed by atoms with Crippen molar-refractivity contribution in [3.63, 3.8) is 0 Å². The Bertz CT molecular complexity index is 684. The summed E-state index contributed by atoms with van der Waals surface area (Å²) in [6.07, 6.45) is 1.79. The van der Waals surface area contributed by atoms with Gasteiger partial charge in [0.05, 0.1) is 22.2 Å². The van der Waals surface area contributed by atoms with E-state index in [0.29, 0.717) is 21.9 Å². The number of fused-ring (bicyclic) bond motifs is 1. The molecule has 0 amide bonds. The molecule has 2 heterocycles. The molecular formula is C15H14Cl2N2O. The number of hydrogen-bond donors (Lipinski definition) is 1. The van der Waals surface area contributed by atoms with Crippen LogP contribution in [0.2, 0.25) is 10.0 Å². The van der Waals surface area contributed by atoms with Crippen molar-refractivity contribution in [2.45, 2.75) is 18.3 Å². The molecule has 0 bridgehead atoms. The summed E-state index contributed by atoms with van der Waals surface area (Å²) in [5.41, 5.74) is 1.29. The number of nitrogens with one attached hydrogen (secondary N) is 1. The molecule has 2 aromatic rings. The smallest absolute Gasteiger partial charge is 0.198 e. The normalized spacial score (nSPS) is 31.4. The average Bonchev–Trinajstić information content (AvgIpc) is 2.79. The Kier molecular flexibility index (Phi) is 2.69. The van der Waals surface area contributed by atoms with E-state index in [4.69, 9.17) is 27.6 Å². The van der Waals surface area contributed by atoms with Crippen LogP contribution in [0.15, 0.2) is 28.8 Å². The molecule has 1 aliphatic carbocycles. The molecule has 2 fully saturated rings. The Morgan fingerprint density at radius 3 is 2.90 bits per heavy atom. The Morgan fingerprint density at radius 1 is 1.35 bits per heavy atom. The van der Waals surface area contributed by atoms with Gasteiger partial charge in [0.1, 0.15) is 5.76 Å². The second-order valence-corrected chi connectivity index (χ2v) is 6.51. The first-order valence-corrected chi connectivity index (χ1v) is 7.47. The number of aromatic nitrogens is 1. The Hall–Kier alpha value is -1.03. The predicted octanol–water partition coefficient (Wildman–Crippen LogP) is 3.54. The van der Waals surface area contributed by atoms with Crippen molar-refractivity contribution in [3.05, 3.63) is 51.7 Å². The van der Waals surface area contributed by atoms with E-state index in [1.54, 1.807) is 6.20 Å². The van der Waals surface area contributed by atoms with E-state index in [2.05, 4.69) is 16.4 Å². The highest BCUT2D eigenvalue weighted by Gasteiger charge is 2.70. The van der Waals surface area contributed by atoms with Crippen LogP contribution in [0.5, 0.6) is 0 Å². The van der Waals surface area contributed by atoms with Crippen LogP contribution in [0, 0.1) is 12.8 Å². The van der Waals surface area contributed by atoms with Gasteiger partial charge in [0.2, 0.25) is 0 Å². The summed E-state index contributed by atoms with van der Waals surface area (Å²) in [4.78, 5) is 4.42. The van der Waals surface area contributed by atoms with Crippen molar-refractivity contribution in [3.8, 4) is 0 Å². The summed E-state index contributed by atoms with van der Waals surface area (Å²) in [7, 11) is 0. The van der Waals surface area contributed by atoms with Gasteiger partial charge in [-0.1, -0.05) is 29.3 Å². The van der Waals surface area contributed by atoms with E-state index >= 15 is 0 Å². The minimum atomic E-state index is 0.0610. The van der Waals surface area contributed by atoms with Gasteiger partial charge in [0, 0.05) is 12.0 Å². The maximum atomic E-state index is 6.18. The van der Waals surface area contributed by atoms with E-state index in [1.165, 1.54) is 5.56 Å². The summed E-state index contributed by atoms with van der Waals surface area (Å²) in [6.45, 7) is 3.85. The average molecular weight is 309 g/mol. The van der Waals surface area contributed by atoms with Crippen LogP contribution >= 0.6 is 23.2 Å². The number of piperidine rings is 1. The van der Waals surface area contributed by atoms with Gasteiger partial charge >= 0.3 is 0 Å². The zero-order valence-corrected chi connectivity index (χ0v) is 12.5. The van der Waals surface area contributed by atoms with Gasteiger partial charge < -0.3 is 9.73 Å². The lowest BCUT2D eigenvalue weighted by atomic mass is 9.93. The van der Waals surface area contributed by atoms with Gasteiger partial charge in [0.25, 0.3) is 0 Å². The van der Waals surface area contributed by atoms with Crippen LogP contribution in [0.25, 0.3) is 0 Å². The van der Waals surface area contributed by atoms with Crippen molar-refractivity contribution in [1.82, 2.24) is 10.3 Å². The van der Waals surface area contributed by atoms with Crippen LogP contribution in [0.4, 0.5) is 0 Å². The van der Waals surface area contributed by atoms with Crippen LogP contribution in [0.1, 0.15) is 23.1 Å². The molecule has 1 N–H and O–H groups in total. The molecular weight excluding hydrogens is 295 g/mol. The van der Waals surface area contributed by atoms with Crippen molar-refractivity contribution in [2.75, 3.05) is 13.1 Å². The minimum absolute atomic E-state index is 0.0610. The number of aryl methyl sites for hydroxylation is 1. The number of benzene rings is 1. The summed E-state index contributed by atoms with van der Waals surface area (Å²) in [5, 5.41) is 4.66. The molecule has 104 valence electrons. The third-order valence-electron chi connectivity index (χ3n) is 4.65. The molecule has 2 aliphatic rings. The van der Waals surface area contributed by atoms with E-state index in [9.17, 15) is 0 Å². The lowest BCUT2D eigenvalue weighted by molar-refractivity contribution is 0.446. The molecule has 4 rings (SSSR count). The number of nitrogens with zero attached hydrogens (tertiary/aromatic N) is 1. The summed E-state index contributed by atoms with van der Waals surface area (Å²) in [6, 6.07) is 5.93. The summed E-state index contributed by atoms with van der Waals surface area (Å²) in [5.74, 6) is 2.58. The van der Waals surface area contributed by atoms with E-state index in [0.717, 1.165) is 24.7 Å².